The first kappa shape index (κ1) is 17.1. The Hall–Kier alpha value is -2.33. The van der Waals surface area contributed by atoms with Crippen molar-refractivity contribution in [2.75, 3.05) is 20.3 Å². The predicted octanol–water partition coefficient (Wildman–Crippen LogP) is 4.12. The van der Waals surface area contributed by atoms with Crippen LogP contribution in [0.1, 0.15) is 48.4 Å². The quantitative estimate of drug-likeness (QED) is 0.882. The zero-order chi connectivity index (χ0) is 17.9. The molecule has 1 saturated heterocycles. The van der Waals surface area contributed by atoms with Crippen LogP contribution in [0.2, 0.25) is 0 Å². The van der Waals surface area contributed by atoms with Gasteiger partial charge in [0, 0.05) is 30.0 Å². The van der Waals surface area contributed by atoms with Crippen molar-refractivity contribution in [1.82, 2.24) is 4.98 Å². The Morgan fingerprint density at radius 3 is 2.42 bits per heavy atom. The minimum atomic E-state index is 0.0522. The van der Waals surface area contributed by atoms with Crippen LogP contribution in [0, 0.1) is 5.92 Å². The number of rotatable bonds is 5. The van der Waals surface area contributed by atoms with Crippen molar-refractivity contribution in [3.63, 3.8) is 0 Å². The van der Waals surface area contributed by atoms with Gasteiger partial charge in [-0.1, -0.05) is 24.3 Å². The van der Waals surface area contributed by atoms with Crippen molar-refractivity contribution in [3.05, 3.63) is 69.6 Å². The molecule has 1 aliphatic carbocycles. The van der Waals surface area contributed by atoms with Gasteiger partial charge >= 0.3 is 0 Å². The summed E-state index contributed by atoms with van der Waals surface area (Å²) in [6.45, 7) is 1.60. The third kappa shape index (κ3) is 3.75. The minimum Gasteiger partial charge on any atom is -0.497 e. The Morgan fingerprint density at radius 1 is 1.08 bits per heavy atom. The van der Waals surface area contributed by atoms with E-state index < -0.39 is 0 Å². The molecule has 0 unspecified atom stereocenters. The predicted molar refractivity (Wildman–Crippen MR) is 103 cm³/mol. The highest BCUT2D eigenvalue weighted by atomic mass is 16.5. The highest BCUT2D eigenvalue weighted by Crippen LogP contribution is 2.38. The molecule has 2 heterocycles. The van der Waals surface area contributed by atoms with Crippen LogP contribution in [0.15, 0.2) is 47.3 Å². The second-order valence-electron chi connectivity index (χ2n) is 7.19. The smallest absolute Gasteiger partial charge is 0.251 e. The summed E-state index contributed by atoms with van der Waals surface area (Å²) < 4.78 is 10.8. The lowest BCUT2D eigenvalue weighted by molar-refractivity contribution is 0.0786. The van der Waals surface area contributed by atoms with E-state index in [-0.39, 0.29) is 5.56 Å². The first-order chi connectivity index (χ1) is 12.7. The van der Waals surface area contributed by atoms with Crippen LogP contribution in [0.5, 0.6) is 5.75 Å². The van der Waals surface area contributed by atoms with E-state index in [1.54, 1.807) is 7.11 Å². The topological polar surface area (TPSA) is 51.3 Å². The van der Waals surface area contributed by atoms with Crippen molar-refractivity contribution in [3.8, 4) is 5.75 Å². The van der Waals surface area contributed by atoms with Gasteiger partial charge in [-0.3, -0.25) is 4.79 Å². The van der Waals surface area contributed by atoms with Gasteiger partial charge in [-0.15, -0.1) is 0 Å². The summed E-state index contributed by atoms with van der Waals surface area (Å²) >= 11 is 0. The molecule has 2 aromatic rings. The number of pyridine rings is 1. The fraction of sp³-hybridized carbons (Fsp3) is 0.409. The summed E-state index contributed by atoms with van der Waals surface area (Å²) in [6, 6.07) is 12.1. The van der Waals surface area contributed by atoms with Gasteiger partial charge in [0.25, 0.3) is 5.56 Å². The fourth-order valence-electron chi connectivity index (χ4n) is 3.59. The standard InChI is InChI=1S/C22H25NO3/c1-25-18-6-4-17(5-7-18)20(14-15-10-12-26-13-11-15)21-9-8-19(16-2-3-16)22(24)23-21/h4-9,14-16H,2-3,10-13H2,1H3,(H,23,24)/b20-14-. The van der Waals surface area contributed by atoms with Crippen molar-refractivity contribution in [2.24, 2.45) is 5.92 Å². The van der Waals surface area contributed by atoms with Crippen molar-refractivity contribution in [2.45, 2.75) is 31.6 Å². The number of H-pyrrole nitrogens is 1. The van der Waals surface area contributed by atoms with Crippen LogP contribution in [0.4, 0.5) is 0 Å². The third-order valence-corrected chi connectivity index (χ3v) is 5.32. The molecular weight excluding hydrogens is 326 g/mol. The monoisotopic (exact) mass is 351 g/mol. The number of allylic oxidation sites excluding steroid dienone is 1. The van der Waals surface area contributed by atoms with Crippen LogP contribution in [-0.2, 0) is 4.74 Å². The highest BCUT2D eigenvalue weighted by molar-refractivity contribution is 5.78. The van der Waals surface area contributed by atoms with Gasteiger partial charge in [0.2, 0.25) is 0 Å². The second kappa shape index (κ2) is 7.50. The van der Waals surface area contributed by atoms with Crippen LogP contribution < -0.4 is 10.3 Å². The molecule has 26 heavy (non-hydrogen) atoms. The zero-order valence-electron chi connectivity index (χ0n) is 15.2. The van der Waals surface area contributed by atoms with E-state index in [9.17, 15) is 4.79 Å². The lowest BCUT2D eigenvalue weighted by atomic mass is 9.92. The minimum absolute atomic E-state index is 0.0522. The van der Waals surface area contributed by atoms with E-state index >= 15 is 0 Å². The first-order valence-corrected chi connectivity index (χ1v) is 9.42. The zero-order valence-corrected chi connectivity index (χ0v) is 15.2. The summed E-state index contributed by atoms with van der Waals surface area (Å²) in [4.78, 5) is 15.7. The second-order valence-corrected chi connectivity index (χ2v) is 7.19. The number of hydrogen-bond acceptors (Lipinski definition) is 3. The largest absolute Gasteiger partial charge is 0.497 e. The Morgan fingerprint density at radius 2 is 1.81 bits per heavy atom. The first-order valence-electron chi connectivity index (χ1n) is 9.42. The molecule has 0 spiro atoms. The molecule has 4 heteroatoms. The summed E-state index contributed by atoms with van der Waals surface area (Å²) in [5.41, 5.74) is 4.03. The number of nitrogens with one attached hydrogen (secondary N) is 1. The molecule has 2 fully saturated rings. The highest BCUT2D eigenvalue weighted by Gasteiger charge is 2.26. The SMILES string of the molecule is COc1ccc(/C(=C/C2CCOCC2)c2ccc(C3CC3)c(=O)[nH]2)cc1. The number of aromatic amines is 1. The maximum absolute atomic E-state index is 12.5. The van der Waals surface area contributed by atoms with Crippen LogP contribution in [0.3, 0.4) is 0 Å². The lowest BCUT2D eigenvalue weighted by Crippen LogP contribution is -2.16. The van der Waals surface area contributed by atoms with E-state index in [0.29, 0.717) is 11.8 Å². The molecule has 2 aliphatic rings. The van der Waals surface area contributed by atoms with Crippen LogP contribution >= 0.6 is 0 Å². The summed E-state index contributed by atoms with van der Waals surface area (Å²) in [5, 5.41) is 0. The normalized spacial score (nSPS) is 18.7. The molecule has 0 bridgehead atoms. The Bertz CT molecular complexity index is 840. The van der Waals surface area contributed by atoms with Gasteiger partial charge < -0.3 is 14.5 Å². The van der Waals surface area contributed by atoms with Gasteiger partial charge in [0.05, 0.1) is 7.11 Å². The maximum Gasteiger partial charge on any atom is 0.251 e. The average Bonchev–Trinajstić information content (AvgIpc) is 3.52. The summed E-state index contributed by atoms with van der Waals surface area (Å²) in [5.74, 6) is 1.75. The van der Waals surface area contributed by atoms with Crippen LogP contribution in [-0.4, -0.2) is 25.3 Å². The molecule has 1 aromatic carbocycles. The molecule has 0 atom stereocenters. The van der Waals surface area contributed by atoms with E-state index in [1.807, 2.05) is 18.2 Å². The number of methoxy groups -OCH3 is 1. The van der Waals surface area contributed by atoms with E-state index in [1.165, 1.54) is 0 Å². The molecule has 0 radical (unpaired) electrons. The molecule has 1 N–H and O–H groups in total. The van der Waals surface area contributed by atoms with Crippen molar-refractivity contribution < 1.29 is 9.47 Å². The van der Waals surface area contributed by atoms with Gasteiger partial charge in [-0.2, -0.15) is 0 Å². The van der Waals surface area contributed by atoms with Crippen LogP contribution in [0.25, 0.3) is 5.57 Å². The summed E-state index contributed by atoms with van der Waals surface area (Å²) in [7, 11) is 1.67. The Labute approximate surface area is 153 Å². The van der Waals surface area contributed by atoms with Gasteiger partial charge in [-0.25, -0.2) is 0 Å². The number of benzene rings is 1. The number of aromatic nitrogens is 1. The molecule has 136 valence electrons. The Kier molecular flexibility index (Phi) is 4.93. The van der Waals surface area contributed by atoms with Crippen molar-refractivity contribution in [1.29, 1.82) is 0 Å². The molecule has 1 saturated carbocycles. The van der Waals surface area contributed by atoms with Crippen molar-refractivity contribution >= 4 is 5.57 Å². The number of ether oxygens (including phenoxy) is 2. The number of hydrogen-bond donors (Lipinski definition) is 1. The van der Waals surface area contributed by atoms with Gasteiger partial charge in [0.15, 0.2) is 0 Å². The van der Waals surface area contributed by atoms with E-state index in [2.05, 4.69) is 29.3 Å². The molecular formula is C22H25NO3. The molecule has 1 aromatic heterocycles. The van der Waals surface area contributed by atoms with E-state index in [4.69, 9.17) is 9.47 Å². The average molecular weight is 351 g/mol. The molecule has 1 aliphatic heterocycles. The summed E-state index contributed by atoms with van der Waals surface area (Å²) in [6.07, 6.45) is 6.60. The fourth-order valence-corrected chi connectivity index (χ4v) is 3.59. The molecule has 4 nitrogen and oxygen atoms in total. The maximum atomic E-state index is 12.5. The van der Waals surface area contributed by atoms with Gasteiger partial charge in [-0.05, 0) is 61.3 Å². The Balaban J connectivity index is 1.72. The molecule has 0 amide bonds. The van der Waals surface area contributed by atoms with E-state index in [0.717, 1.165) is 67.0 Å². The molecule has 4 rings (SSSR count). The third-order valence-electron chi connectivity index (χ3n) is 5.32. The lowest BCUT2D eigenvalue weighted by Gasteiger charge is -2.21. The van der Waals surface area contributed by atoms with Gasteiger partial charge in [0.1, 0.15) is 5.75 Å².